The zero-order valence-electron chi connectivity index (χ0n) is 18.3. The lowest BCUT2D eigenvalue weighted by Gasteiger charge is -2.16. The van der Waals surface area contributed by atoms with Crippen molar-refractivity contribution in [2.75, 3.05) is 18.9 Å². The number of amides is 1. The van der Waals surface area contributed by atoms with Gasteiger partial charge in [-0.05, 0) is 11.6 Å². The molecule has 2 N–H and O–H groups in total. The zero-order chi connectivity index (χ0) is 24.3. The van der Waals surface area contributed by atoms with Gasteiger partial charge in [-0.2, -0.15) is 13.2 Å². The average molecular weight is 467 g/mol. The van der Waals surface area contributed by atoms with E-state index in [9.17, 15) is 18.0 Å². The molecule has 3 aromatic heterocycles. The summed E-state index contributed by atoms with van der Waals surface area (Å²) >= 11 is 0. The summed E-state index contributed by atoms with van der Waals surface area (Å²) in [5.41, 5.74) is 2.98. The first-order valence-electron chi connectivity index (χ1n) is 10.3. The molecule has 34 heavy (non-hydrogen) atoms. The third kappa shape index (κ3) is 4.77. The molecular weight excluding hydrogens is 447 g/mol. The van der Waals surface area contributed by atoms with E-state index in [1.807, 2.05) is 25.1 Å². The number of nitrogens with zero attached hydrogens (tertiary/aromatic N) is 5. The molecule has 1 aromatic carbocycles. The van der Waals surface area contributed by atoms with Gasteiger partial charge in [0.1, 0.15) is 12.1 Å². The number of benzene rings is 1. The third-order valence-electron chi connectivity index (χ3n) is 5.26. The number of fused-ring (bicyclic) bond motifs is 1. The molecule has 1 atom stereocenters. The smallest absolute Gasteiger partial charge is 0.369 e. The number of carbonyl (C=O) groups is 1. The Morgan fingerprint density at radius 2 is 1.82 bits per heavy atom. The van der Waals surface area contributed by atoms with Crippen molar-refractivity contribution in [2.45, 2.75) is 19.0 Å². The molecule has 1 amide bonds. The highest BCUT2D eigenvalue weighted by atomic mass is 19.4. The van der Waals surface area contributed by atoms with Crippen molar-refractivity contribution < 1.29 is 18.0 Å². The number of carbonyl (C=O) groups excluding carboxylic acids is 1. The summed E-state index contributed by atoms with van der Waals surface area (Å²) in [5.74, 6) is -0.892. The topological polar surface area (TPSA) is 106 Å². The van der Waals surface area contributed by atoms with Gasteiger partial charge in [0.2, 0.25) is 5.82 Å². The first-order chi connectivity index (χ1) is 16.3. The molecule has 0 aliphatic heterocycles. The van der Waals surface area contributed by atoms with E-state index in [1.54, 1.807) is 25.4 Å². The molecule has 0 spiro atoms. The van der Waals surface area contributed by atoms with Crippen molar-refractivity contribution in [1.82, 2.24) is 30.2 Å². The van der Waals surface area contributed by atoms with Gasteiger partial charge in [-0.3, -0.25) is 9.78 Å². The highest BCUT2D eigenvalue weighted by Gasteiger charge is 2.34. The molecule has 4 aromatic rings. The maximum atomic E-state index is 12.7. The van der Waals surface area contributed by atoms with E-state index >= 15 is 0 Å². The fourth-order valence-corrected chi connectivity index (χ4v) is 3.52. The number of halogens is 3. The molecule has 0 unspecified atom stereocenters. The molecule has 3 heterocycles. The Kier molecular flexibility index (Phi) is 6.35. The van der Waals surface area contributed by atoms with Crippen molar-refractivity contribution >= 4 is 22.6 Å². The SMILES string of the molecule is CNC(=O)c1ccnc2c([C@H](C)CNc3cc(-c4cnc(C(F)(F)F)nc4)ncn3)cccc12. The second-order valence-corrected chi connectivity index (χ2v) is 7.54. The molecule has 0 aliphatic carbocycles. The normalized spacial score (nSPS) is 12.4. The molecule has 0 fully saturated rings. The van der Waals surface area contributed by atoms with Crippen molar-refractivity contribution in [2.24, 2.45) is 0 Å². The molecule has 4 rings (SSSR count). The summed E-state index contributed by atoms with van der Waals surface area (Å²) in [6.45, 7) is 2.51. The first kappa shape index (κ1) is 23.0. The van der Waals surface area contributed by atoms with Crippen LogP contribution in [0.15, 0.2) is 55.2 Å². The number of pyridine rings is 1. The molecule has 0 saturated heterocycles. The Bertz CT molecular complexity index is 1330. The van der Waals surface area contributed by atoms with Crippen LogP contribution < -0.4 is 10.6 Å². The van der Waals surface area contributed by atoms with Crippen LogP contribution in [0.4, 0.5) is 19.0 Å². The fourth-order valence-electron chi connectivity index (χ4n) is 3.52. The number of anilines is 1. The zero-order valence-corrected chi connectivity index (χ0v) is 18.3. The van der Waals surface area contributed by atoms with Crippen LogP contribution in [-0.2, 0) is 6.18 Å². The Balaban J connectivity index is 1.52. The highest BCUT2D eigenvalue weighted by Crippen LogP contribution is 2.28. The van der Waals surface area contributed by atoms with E-state index < -0.39 is 12.0 Å². The highest BCUT2D eigenvalue weighted by molar-refractivity contribution is 6.06. The van der Waals surface area contributed by atoms with Crippen LogP contribution in [0.2, 0.25) is 0 Å². The van der Waals surface area contributed by atoms with Crippen LogP contribution in [0.25, 0.3) is 22.2 Å². The Morgan fingerprint density at radius 3 is 2.53 bits per heavy atom. The van der Waals surface area contributed by atoms with E-state index in [1.165, 1.54) is 6.33 Å². The summed E-state index contributed by atoms with van der Waals surface area (Å²) in [7, 11) is 1.58. The minimum Gasteiger partial charge on any atom is -0.369 e. The summed E-state index contributed by atoms with van der Waals surface area (Å²) < 4.78 is 38.1. The van der Waals surface area contributed by atoms with Gasteiger partial charge in [0.05, 0.1) is 16.8 Å². The van der Waals surface area contributed by atoms with Gasteiger partial charge >= 0.3 is 6.18 Å². The fraction of sp³-hybridized carbons (Fsp3) is 0.217. The maximum absolute atomic E-state index is 12.7. The number of alkyl halides is 3. The van der Waals surface area contributed by atoms with Crippen molar-refractivity contribution in [3.63, 3.8) is 0 Å². The molecule has 0 bridgehead atoms. The minimum absolute atomic E-state index is 0.00366. The lowest BCUT2D eigenvalue weighted by atomic mass is 9.96. The van der Waals surface area contributed by atoms with E-state index in [-0.39, 0.29) is 11.8 Å². The van der Waals surface area contributed by atoms with Crippen LogP contribution in [0.5, 0.6) is 0 Å². The number of nitrogens with one attached hydrogen (secondary N) is 2. The van der Waals surface area contributed by atoms with Gasteiger partial charge in [-0.25, -0.2) is 19.9 Å². The number of hydrogen-bond donors (Lipinski definition) is 2. The van der Waals surface area contributed by atoms with E-state index in [2.05, 4.69) is 35.6 Å². The summed E-state index contributed by atoms with van der Waals surface area (Å²) in [5, 5.41) is 6.62. The maximum Gasteiger partial charge on any atom is 0.451 e. The average Bonchev–Trinajstić information content (AvgIpc) is 2.85. The molecule has 11 heteroatoms. The molecule has 8 nitrogen and oxygen atoms in total. The van der Waals surface area contributed by atoms with E-state index in [4.69, 9.17) is 0 Å². The van der Waals surface area contributed by atoms with Gasteiger partial charge in [-0.15, -0.1) is 0 Å². The number of hydrogen-bond acceptors (Lipinski definition) is 7. The van der Waals surface area contributed by atoms with Crippen molar-refractivity contribution in [1.29, 1.82) is 0 Å². The third-order valence-corrected chi connectivity index (χ3v) is 5.26. The quantitative estimate of drug-likeness (QED) is 0.440. The summed E-state index contributed by atoms with van der Waals surface area (Å²) in [6, 6.07) is 9.00. The summed E-state index contributed by atoms with van der Waals surface area (Å²) in [4.78, 5) is 31.7. The number of rotatable bonds is 6. The summed E-state index contributed by atoms with van der Waals surface area (Å²) in [6.07, 6.45) is 0.478. The van der Waals surface area contributed by atoms with Crippen LogP contribution in [0, 0.1) is 0 Å². The van der Waals surface area contributed by atoms with Gasteiger partial charge < -0.3 is 10.6 Å². The predicted molar refractivity (Wildman–Crippen MR) is 120 cm³/mol. The van der Waals surface area contributed by atoms with Gasteiger partial charge in [0.25, 0.3) is 5.91 Å². The molecule has 174 valence electrons. The molecular formula is C23H20F3N7O. The van der Waals surface area contributed by atoms with Crippen LogP contribution in [0.1, 0.15) is 34.6 Å². The van der Waals surface area contributed by atoms with Gasteiger partial charge in [0, 0.05) is 55.1 Å². The molecule has 0 saturated carbocycles. The van der Waals surface area contributed by atoms with Gasteiger partial charge in [0.15, 0.2) is 0 Å². The van der Waals surface area contributed by atoms with Crippen molar-refractivity contribution in [3.8, 4) is 11.3 Å². The lowest BCUT2D eigenvalue weighted by molar-refractivity contribution is -0.144. The minimum atomic E-state index is -4.61. The number of aromatic nitrogens is 5. The van der Waals surface area contributed by atoms with Crippen LogP contribution >= 0.6 is 0 Å². The monoisotopic (exact) mass is 467 g/mol. The van der Waals surface area contributed by atoms with Crippen LogP contribution in [-0.4, -0.2) is 44.4 Å². The second-order valence-electron chi connectivity index (χ2n) is 7.54. The van der Waals surface area contributed by atoms with Gasteiger partial charge in [-0.1, -0.05) is 25.1 Å². The molecule has 0 radical (unpaired) electrons. The Hall–Kier alpha value is -4.15. The Labute approximate surface area is 192 Å². The lowest BCUT2D eigenvalue weighted by Crippen LogP contribution is -2.18. The van der Waals surface area contributed by atoms with Crippen molar-refractivity contribution in [3.05, 3.63) is 72.2 Å². The first-order valence-corrected chi connectivity index (χ1v) is 10.3. The second kappa shape index (κ2) is 9.38. The van der Waals surface area contributed by atoms with E-state index in [0.29, 0.717) is 29.2 Å². The van der Waals surface area contributed by atoms with E-state index in [0.717, 1.165) is 28.9 Å². The largest absolute Gasteiger partial charge is 0.451 e. The molecule has 0 aliphatic rings. The standard InChI is InChI=1S/C23H20F3N7O/c1-13(15-4-3-5-16-17(21(34)27-2)6-7-28-20(15)16)9-29-19-8-18(32-12-33-19)14-10-30-22(31-11-14)23(24,25)26/h3-8,10-13H,9H2,1-2H3,(H,27,34)(H,29,32,33)/t13-/m1/s1. The van der Waals surface area contributed by atoms with Crippen LogP contribution in [0.3, 0.4) is 0 Å². The Morgan fingerprint density at radius 1 is 1.06 bits per heavy atom. The predicted octanol–water partition coefficient (Wildman–Crippen LogP) is 4.08. The number of para-hydroxylation sites is 1.